The molecule has 0 rings (SSSR count). The predicted octanol–water partition coefficient (Wildman–Crippen LogP) is 8.77. The van der Waals surface area contributed by atoms with Crippen LogP contribution in [-0.2, 0) is 0 Å². The summed E-state index contributed by atoms with van der Waals surface area (Å²) in [4.78, 5) is 0. The first-order valence-electron chi connectivity index (χ1n) is 11.4. The van der Waals surface area contributed by atoms with Crippen molar-refractivity contribution in [2.24, 2.45) is 41.4 Å². The SMILES string of the molecule is C=CCCC(C)CC(C)C(C)C(CC)C(C)CC(C)C(C)CCCC. The van der Waals surface area contributed by atoms with Gasteiger partial charge in [-0.3, -0.25) is 0 Å². The lowest BCUT2D eigenvalue weighted by Gasteiger charge is -2.36. The van der Waals surface area contributed by atoms with E-state index in [1.54, 1.807) is 0 Å². The van der Waals surface area contributed by atoms with Crippen molar-refractivity contribution in [3.8, 4) is 0 Å². The minimum atomic E-state index is 0.830. The Kier molecular flexibility index (Phi) is 13.7. The predicted molar refractivity (Wildman–Crippen MR) is 117 cm³/mol. The lowest BCUT2D eigenvalue weighted by Crippen LogP contribution is -2.27. The van der Waals surface area contributed by atoms with Crippen LogP contribution in [0.1, 0.15) is 107 Å². The molecule has 0 aliphatic carbocycles. The highest BCUT2D eigenvalue weighted by Gasteiger charge is 2.28. The quantitative estimate of drug-likeness (QED) is 0.259. The summed E-state index contributed by atoms with van der Waals surface area (Å²) in [5.74, 6) is 5.98. The van der Waals surface area contributed by atoms with Gasteiger partial charge in [-0.1, -0.05) is 87.1 Å². The number of hydrogen-bond donors (Lipinski definition) is 0. The third-order valence-electron chi connectivity index (χ3n) is 7.14. The van der Waals surface area contributed by atoms with Crippen LogP contribution in [0.25, 0.3) is 0 Å². The van der Waals surface area contributed by atoms with Crippen LogP contribution in [0.2, 0.25) is 0 Å². The Morgan fingerprint density at radius 2 is 1.40 bits per heavy atom. The van der Waals surface area contributed by atoms with Crippen LogP contribution in [0.4, 0.5) is 0 Å². The van der Waals surface area contributed by atoms with E-state index in [-0.39, 0.29) is 0 Å². The van der Waals surface area contributed by atoms with Crippen molar-refractivity contribution in [3.63, 3.8) is 0 Å². The van der Waals surface area contributed by atoms with Crippen LogP contribution >= 0.6 is 0 Å². The van der Waals surface area contributed by atoms with Crippen LogP contribution in [0.15, 0.2) is 12.7 Å². The minimum absolute atomic E-state index is 0.830. The van der Waals surface area contributed by atoms with E-state index in [1.807, 2.05) is 0 Å². The molecule has 0 aliphatic rings. The third-order valence-corrected chi connectivity index (χ3v) is 7.14. The molecule has 0 heterocycles. The second kappa shape index (κ2) is 13.9. The lowest BCUT2D eigenvalue weighted by atomic mass is 9.70. The molecule has 0 aromatic heterocycles. The van der Waals surface area contributed by atoms with Crippen molar-refractivity contribution >= 4 is 0 Å². The van der Waals surface area contributed by atoms with Crippen LogP contribution in [0.3, 0.4) is 0 Å². The topological polar surface area (TPSA) is 0 Å². The van der Waals surface area contributed by atoms with Gasteiger partial charge in [-0.25, -0.2) is 0 Å². The van der Waals surface area contributed by atoms with Crippen LogP contribution in [0.5, 0.6) is 0 Å². The summed E-state index contributed by atoms with van der Waals surface area (Å²) < 4.78 is 0. The van der Waals surface area contributed by atoms with E-state index in [0.29, 0.717) is 0 Å². The first-order valence-corrected chi connectivity index (χ1v) is 11.4. The molecule has 0 saturated carbocycles. The monoisotopic (exact) mass is 350 g/mol. The highest BCUT2D eigenvalue weighted by atomic mass is 14.3. The normalized spacial score (nSPS) is 20.3. The zero-order valence-electron chi connectivity index (χ0n) is 19.0. The summed E-state index contributed by atoms with van der Waals surface area (Å²) in [6, 6.07) is 0. The summed E-state index contributed by atoms with van der Waals surface area (Å²) in [5, 5.41) is 0. The molecule has 150 valence electrons. The van der Waals surface area contributed by atoms with E-state index in [2.05, 4.69) is 68.0 Å². The van der Waals surface area contributed by atoms with Gasteiger partial charge < -0.3 is 0 Å². The molecule has 7 unspecified atom stereocenters. The molecule has 0 radical (unpaired) electrons. The Hall–Kier alpha value is -0.260. The van der Waals surface area contributed by atoms with Crippen molar-refractivity contribution in [2.75, 3.05) is 0 Å². The van der Waals surface area contributed by atoms with E-state index in [1.165, 1.54) is 51.4 Å². The number of allylic oxidation sites excluding steroid dienone is 1. The van der Waals surface area contributed by atoms with Crippen molar-refractivity contribution in [1.82, 2.24) is 0 Å². The minimum Gasteiger partial charge on any atom is -0.103 e. The Morgan fingerprint density at radius 1 is 0.760 bits per heavy atom. The first kappa shape index (κ1) is 24.7. The molecule has 0 bridgehead atoms. The maximum atomic E-state index is 3.87. The van der Waals surface area contributed by atoms with Gasteiger partial charge in [0.15, 0.2) is 0 Å². The Bertz CT molecular complexity index is 318. The number of hydrogen-bond acceptors (Lipinski definition) is 0. The van der Waals surface area contributed by atoms with Crippen molar-refractivity contribution < 1.29 is 0 Å². The molecular formula is C25H50. The van der Waals surface area contributed by atoms with Gasteiger partial charge in [0.05, 0.1) is 0 Å². The van der Waals surface area contributed by atoms with E-state index in [0.717, 1.165) is 41.4 Å². The average molecular weight is 351 g/mol. The fraction of sp³-hybridized carbons (Fsp3) is 0.920. The van der Waals surface area contributed by atoms with E-state index >= 15 is 0 Å². The molecule has 25 heavy (non-hydrogen) atoms. The Balaban J connectivity index is 4.57. The van der Waals surface area contributed by atoms with Crippen molar-refractivity contribution in [1.29, 1.82) is 0 Å². The lowest BCUT2D eigenvalue weighted by molar-refractivity contribution is 0.141. The zero-order valence-corrected chi connectivity index (χ0v) is 19.0. The molecule has 0 aromatic carbocycles. The fourth-order valence-electron chi connectivity index (χ4n) is 4.89. The molecule has 0 aromatic rings. The smallest absolute Gasteiger partial charge is 0.0351 e. The number of unbranched alkanes of at least 4 members (excludes halogenated alkanes) is 1. The van der Waals surface area contributed by atoms with Crippen molar-refractivity contribution in [2.45, 2.75) is 107 Å². The van der Waals surface area contributed by atoms with Crippen LogP contribution < -0.4 is 0 Å². The third kappa shape index (κ3) is 9.86. The van der Waals surface area contributed by atoms with Gasteiger partial charge in [0.2, 0.25) is 0 Å². The summed E-state index contributed by atoms with van der Waals surface area (Å²) in [7, 11) is 0. The van der Waals surface area contributed by atoms with Gasteiger partial charge in [-0.15, -0.1) is 6.58 Å². The van der Waals surface area contributed by atoms with Crippen LogP contribution in [0, 0.1) is 41.4 Å². The molecule has 0 heteroatoms. The standard InChI is InChI=1S/C25H50/c1-10-13-15-19(4)17-22(7)24(9)25(12-3)23(8)18-21(6)20(5)16-14-11-2/h10,19-25H,1,11-18H2,2-9H3. The summed E-state index contributed by atoms with van der Waals surface area (Å²) in [5.41, 5.74) is 0. The molecular weight excluding hydrogens is 300 g/mol. The molecule has 0 nitrogen and oxygen atoms in total. The Labute approximate surface area is 161 Å². The largest absolute Gasteiger partial charge is 0.103 e. The van der Waals surface area contributed by atoms with Gasteiger partial charge in [0.25, 0.3) is 0 Å². The van der Waals surface area contributed by atoms with E-state index in [9.17, 15) is 0 Å². The highest BCUT2D eigenvalue weighted by molar-refractivity contribution is 4.79. The van der Waals surface area contributed by atoms with Gasteiger partial charge >= 0.3 is 0 Å². The summed E-state index contributed by atoms with van der Waals surface area (Å²) >= 11 is 0. The molecule has 7 atom stereocenters. The van der Waals surface area contributed by atoms with Crippen molar-refractivity contribution in [3.05, 3.63) is 12.7 Å². The van der Waals surface area contributed by atoms with E-state index in [4.69, 9.17) is 0 Å². The van der Waals surface area contributed by atoms with Gasteiger partial charge in [0.1, 0.15) is 0 Å². The number of rotatable bonds is 15. The molecule has 0 amide bonds. The second-order valence-corrected chi connectivity index (χ2v) is 9.43. The van der Waals surface area contributed by atoms with Crippen LogP contribution in [-0.4, -0.2) is 0 Å². The molecule has 0 N–H and O–H groups in total. The second-order valence-electron chi connectivity index (χ2n) is 9.43. The highest BCUT2D eigenvalue weighted by Crippen LogP contribution is 2.37. The van der Waals surface area contributed by atoms with E-state index < -0.39 is 0 Å². The molecule has 0 spiro atoms. The zero-order chi connectivity index (χ0) is 19.4. The van der Waals surface area contributed by atoms with Gasteiger partial charge in [-0.05, 0) is 67.1 Å². The maximum Gasteiger partial charge on any atom is -0.0351 e. The van der Waals surface area contributed by atoms with Gasteiger partial charge in [-0.2, -0.15) is 0 Å². The van der Waals surface area contributed by atoms with Gasteiger partial charge in [0, 0.05) is 0 Å². The fourth-order valence-corrected chi connectivity index (χ4v) is 4.89. The molecule has 0 saturated heterocycles. The Morgan fingerprint density at radius 3 is 1.92 bits per heavy atom. The molecule has 0 fully saturated rings. The molecule has 0 aliphatic heterocycles. The summed E-state index contributed by atoms with van der Waals surface area (Å²) in [6.45, 7) is 23.5. The maximum absolute atomic E-state index is 3.87. The average Bonchev–Trinajstić information content (AvgIpc) is 2.57. The first-order chi connectivity index (χ1) is 11.8. The summed E-state index contributed by atoms with van der Waals surface area (Å²) in [6.07, 6.45) is 12.8.